The second kappa shape index (κ2) is 9.01. The van der Waals surface area contributed by atoms with E-state index in [0.717, 1.165) is 18.7 Å². The van der Waals surface area contributed by atoms with Crippen LogP contribution in [0.2, 0.25) is 0 Å². The lowest BCUT2D eigenvalue weighted by molar-refractivity contribution is -0.140. The number of Topliss-reactive ketones (excluding diaryl/α,β-unsaturated/α-hetero) is 1. The van der Waals surface area contributed by atoms with Gasteiger partial charge in [0.1, 0.15) is 11.6 Å². The molecule has 1 N–H and O–H groups in total. The minimum absolute atomic E-state index is 0.0346. The predicted octanol–water partition coefficient (Wildman–Crippen LogP) is 3.59. The van der Waals surface area contributed by atoms with Crippen LogP contribution in [0.25, 0.3) is 5.76 Å². The number of rotatable bonds is 7. The maximum absolute atomic E-state index is 13.3. The molecule has 0 bridgehead atoms. The van der Waals surface area contributed by atoms with Crippen molar-refractivity contribution in [2.24, 2.45) is 0 Å². The third kappa shape index (κ3) is 4.22. The Bertz CT molecular complexity index is 905. The van der Waals surface area contributed by atoms with Gasteiger partial charge >= 0.3 is 0 Å². The summed E-state index contributed by atoms with van der Waals surface area (Å²) in [5.41, 5.74) is 1.08. The number of likely N-dealkylation sites (N-methyl/N-ethyl adjacent to an activating group) is 1. The van der Waals surface area contributed by atoms with E-state index in [9.17, 15) is 19.1 Å². The lowest BCUT2D eigenvalue weighted by Crippen LogP contribution is -2.38. The van der Waals surface area contributed by atoms with Crippen LogP contribution in [0, 0.1) is 5.82 Å². The van der Waals surface area contributed by atoms with Crippen molar-refractivity contribution in [3.63, 3.8) is 0 Å². The summed E-state index contributed by atoms with van der Waals surface area (Å²) in [6.45, 7) is 6.76. The van der Waals surface area contributed by atoms with Gasteiger partial charge in [0.25, 0.3) is 11.7 Å². The van der Waals surface area contributed by atoms with Crippen molar-refractivity contribution in [3.05, 3.63) is 77.1 Å². The Labute approximate surface area is 170 Å². The molecule has 0 unspecified atom stereocenters. The average Bonchev–Trinajstić information content (AvgIpc) is 3.00. The number of aliphatic hydroxyl groups is 1. The van der Waals surface area contributed by atoms with Gasteiger partial charge in [-0.2, -0.15) is 0 Å². The van der Waals surface area contributed by atoms with Gasteiger partial charge in [0.15, 0.2) is 0 Å². The Morgan fingerprint density at radius 1 is 1.03 bits per heavy atom. The molecule has 2 aromatic carbocycles. The van der Waals surface area contributed by atoms with E-state index in [0.29, 0.717) is 18.7 Å². The van der Waals surface area contributed by atoms with E-state index in [1.807, 2.05) is 44.2 Å². The summed E-state index contributed by atoms with van der Waals surface area (Å²) in [7, 11) is 0. The lowest BCUT2D eigenvalue weighted by atomic mass is 9.95. The topological polar surface area (TPSA) is 60.9 Å². The molecular weight excluding hydrogens is 371 g/mol. The van der Waals surface area contributed by atoms with Crippen LogP contribution in [0.1, 0.15) is 31.0 Å². The maximum atomic E-state index is 13.3. The highest BCUT2D eigenvalue weighted by atomic mass is 19.1. The number of carbonyl (C=O) groups is 2. The van der Waals surface area contributed by atoms with E-state index in [-0.39, 0.29) is 11.3 Å². The lowest BCUT2D eigenvalue weighted by Gasteiger charge is -2.28. The van der Waals surface area contributed by atoms with Crippen LogP contribution in [0.3, 0.4) is 0 Å². The molecule has 29 heavy (non-hydrogen) atoms. The first-order valence-electron chi connectivity index (χ1n) is 9.79. The Morgan fingerprint density at radius 3 is 2.24 bits per heavy atom. The first-order chi connectivity index (χ1) is 14.0. The fourth-order valence-electron chi connectivity index (χ4n) is 3.64. The van der Waals surface area contributed by atoms with Crippen LogP contribution >= 0.6 is 0 Å². The van der Waals surface area contributed by atoms with Crippen molar-refractivity contribution in [3.8, 4) is 0 Å². The van der Waals surface area contributed by atoms with Gasteiger partial charge in [0.2, 0.25) is 0 Å². The van der Waals surface area contributed by atoms with Crippen molar-refractivity contribution in [2.45, 2.75) is 19.9 Å². The van der Waals surface area contributed by atoms with Crippen LogP contribution in [0.4, 0.5) is 4.39 Å². The minimum Gasteiger partial charge on any atom is -0.507 e. The molecule has 1 heterocycles. The molecule has 0 aliphatic carbocycles. The first kappa shape index (κ1) is 20.7. The zero-order chi connectivity index (χ0) is 21.0. The molecule has 152 valence electrons. The molecule has 0 saturated carbocycles. The van der Waals surface area contributed by atoms with Crippen molar-refractivity contribution in [2.75, 3.05) is 26.2 Å². The van der Waals surface area contributed by atoms with E-state index in [2.05, 4.69) is 4.90 Å². The Balaban J connectivity index is 2.06. The zero-order valence-electron chi connectivity index (χ0n) is 16.6. The molecule has 0 radical (unpaired) electrons. The molecule has 0 aromatic heterocycles. The smallest absolute Gasteiger partial charge is 0.295 e. The highest BCUT2D eigenvalue weighted by molar-refractivity contribution is 6.46. The third-order valence-corrected chi connectivity index (χ3v) is 5.32. The molecule has 1 atom stereocenters. The fraction of sp³-hybridized carbons (Fsp3) is 0.304. The molecule has 0 spiro atoms. The molecule has 1 aliphatic rings. The number of amides is 1. The van der Waals surface area contributed by atoms with Crippen LogP contribution in [-0.4, -0.2) is 52.8 Å². The number of nitrogens with zero attached hydrogens (tertiary/aromatic N) is 2. The molecule has 6 heteroatoms. The van der Waals surface area contributed by atoms with Crippen LogP contribution in [0.15, 0.2) is 60.2 Å². The number of hydrogen-bond donors (Lipinski definition) is 1. The van der Waals surface area contributed by atoms with Crippen molar-refractivity contribution in [1.82, 2.24) is 9.80 Å². The highest BCUT2D eigenvalue weighted by Crippen LogP contribution is 2.39. The summed E-state index contributed by atoms with van der Waals surface area (Å²) >= 11 is 0. The average molecular weight is 396 g/mol. The van der Waals surface area contributed by atoms with E-state index in [1.54, 1.807) is 0 Å². The van der Waals surface area contributed by atoms with Gasteiger partial charge in [-0.3, -0.25) is 9.59 Å². The number of aliphatic hydroxyl groups excluding tert-OH is 1. The Morgan fingerprint density at radius 2 is 1.66 bits per heavy atom. The number of likely N-dealkylation sites (tertiary alicyclic amines) is 1. The van der Waals surface area contributed by atoms with E-state index in [1.165, 1.54) is 29.2 Å². The molecule has 1 saturated heterocycles. The zero-order valence-corrected chi connectivity index (χ0v) is 16.6. The van der Waals surface area contributed by atoms with Gasteiger partial charge in [-0.15, -0.1) is 0 Å². The SMILES string of the molecule is CCN(CC)CCN1C(=O)C(=O)/C(=C(/O)c2ccc(F)cc2)[C@@H]1c1ccccc1. The summed E-state index contributed by atoms with van der Waals surface area (Å²) in [5.74, 6) is -2.08. The van der Waals surface area contributed by atoms with Gasteiger partial charge in [-0.1, -0.05) is 44.2 Å². The second-order valence-electron chi connectivity index (χ2n) is 6.94. The quantitative estimate of drug-likeness (QED) is 0.441. The monoisotopic (exact) mass is 396 g/mol. The van der Waals surface area contributed by atoms with Gasteiger partial charge in [-0.05, 0) is 42.9 Å². The van der Waals surface area contributed by atoms with Gasteiger partial charge in [-0.25, -0.2) is 4.39 Å². The standard InChI is InChI=1S/C23H25FN2O3/c1-3-25(4-2)14-15-26-20(16-8-6-5-7-9-16)19(22(28)23(26)29)21(27)17-10-12-18(24)13-11-17/h5-13,20,27H,3-4,14-15H2,1-2H3/b21-19+/t20-/m0/s1. The number of carbonyl (C=O) groups excluding carboxylic acids is 2. The highest BCUT2D eigenvalue weighted by Gasteiger charge is 2.45. The molecular formula is C23H25FN2O3. The summed E-state index contributed by atoms with van der Waals surface area (Å²) < 4.78 is 13.3. The maximum Gasteiger partial charge on any atom is 0.295 e. The second-order valence-corrected chi connectivity index (χ2v) is 6.94. The first-order valence-corrected chi connectivity index (χ1v) is 9.79. The van der Waals surface area contributed by atoms with Crippen LogP contribution in [0.5, 0.6) is 0 Å². The van der Waals surface area contributed by atoms with E-state index >= 15 is 0 Å². The predicted molar refractivity (Wildman–Crippen MR) is 110 cm³/mol. The summed E-state index contributed by atoms with van der Waals surface area (Å²) in [5, 5.41) is 10.9. The van der Waals surface area contributed by atoms with Crippen LogP contribution in [-0.2, 0) is 9.59 Å². The van der Waals surface area contributed by atoms with Crippen molar-refractivity contribution in [1.29, 1.82) is 0 Å². The molecule has 5 nitrogen and oxygen atoms in total. The third-order valence-electron chi connectivity index (χ3n) is 5.32. The Kier molecular flexibility index (Phi) is 6.44. The Hall–Kier alpha value is -2.99. The largest absolute Gasteiger partial charge is 0.507 e. The normalized spacial score (nSPS) is 18.6. The molecule has 1 fully saturated rings. The van der Waals surface area contributed by atoms with E-state index in [4.69, 9.17) is 0 Å². The molecule has 3 rings (SSSR count). The summed E-state index contributed by atoms with van der Waals surface area (Å²) in [6.07, 6.45) is 0. The number of halogens is 1. The number of ketones is 1. The number of hydrogen-bond acceptors (Lipinski definition) is 4. The molecule has 1 amide bonds. The summed E-state index contributed by atoms with van der Waals surface area (Å²) in [4.78, 5) is 29.4. The molecule has 1 aliphatic heterocycles. The number of benzene rings is 2. The summed E-state index contributed by atoms with van der Waals surface area (Å²) in [6, 6.07) is 13.7. The van der Waals surface area contributed by atoms with E-state index < -0.39 is 23.5 Å². The van der Waals surface area contributed by atoms with Gasteiger partial charge in [0.05, 0.1) is 11.6 Å². The fourth-order valence-corrected chi connectivity index (χ4v) is 3.64. The van der Waals surface area contributed by atoms with Gasteiger partial charge in [0, 0.05) is 18.7 Å². The van der Waals surface area contributed by atoms with Gasteiger partial charge < -0.3 is 14.9 Å². The van der Waals surface area contributed by atoms with Crippen molar-refractivity contribution >= 4 is 17.4 Å². The minimum atomic E-state index is -0.722. The van der Waals surface area contributed by atoms with Crippen molar-refractivity contribution < 1.29 is 19.1 Å². The molecule has 2 aromatic rings. The van der Waals surface area contributed by atoms with Crippen LogP contribution < -0.4 is 0 Å².